The lowest BCUT2D eigenvalue weighted by atomic mass is 10.3. The van der Waals surface area contributed by atoms with Crippen molar-refractivity contribution in [1.29, 1.82) is 0 Å². The molecule has 17 heavy (non-hydrogen) atoms. The largest absolute Gasteiger partial charge is 0.492 e. The van der Waals surface area contributed by atoms with Crippen molar-refractivity contribution in [3.8, 4) is 5.75 Å². The van der Waals surface area contributed by atoms with E-state index < -0.39 is 0 Å². The Morgan fingerprint density at radius 3 is 2.71 bits per heavy atom. The van der Waals surface area contributed by atoms with Crippen molar-refractivity contribution < 1.29 is 9.13 Å². The summed E-state index contributed by atoms with van der Waals surface area (Å²) < 4.78 is 19.7. The number of alkyl halides is 1. The van der Waals surface area contributed by atoms with Gasteiger partial charge in [-0.15, -0.1) is 16.7 Å². The van der Waals surface area contributed by atoms with Crippen LogP contribution in [0.25, 0.3) is 0 Å². The Hall–Kier alpha value is -1.62. The number of aromatic nitrogens is 3. The molecule has 0 aliphatic carbocycles. The molecule has 0 saturated carbocycles. The van der Waals surface area contributed by atoms with Gasteiger partial charge in [0, 0.05) is 6.20 Å². The van der Waals surface area contributed by atoms with E-state index in [0.29, 0.717) is 24.8 Å². The second kappa shape index (κ2) is 5.63. The average Bonchev–Trinajstić information content (AvgIpc) is 2.80. The summed E-state index contributed by atoms with van der Waals surface area (Å²) in [6.45, 7) is 1.01. The van der Waals surface area contributed by atoms with Crippen LogP contribution in [-0.2, 0) is 12.4 Å². The van der Waals surface area contributed by atoms with Crippen LogP contribution in [0.3, 0.4) is 0 Å². The lowest BCUT2D eigenvalue weighted by molar-refractivity contribution is 0.289. The number of benzene rings is 1. The van der Waals surface area contributed by atoms with Gasteiger partial charge >= 0.3 is 0 Å². The van der Waals surface area contributed by atoms with Crippen LogP contribution in [0, 0.1) is 5.82 Å². The molecule has 0 saturated heterocycles. The van der Waals surface area contributed by atoms with Gasteiger partial charge in [0.1, 0.15) is 18.2 Å². The van der Waals surface area contributed by atoms with E-state index >= 15 is 0 Å². The van der Waals surface area contributed by atoms with E-state index in [-0.39, 0.29) is 5.82 Å². The van der Waals surface area contributed by atoms with Gasteiger partial charge in [0.15, 0.2) is 0 Å². The first kappa shape index (κ1) is 11.9. The van der Waals surface area contributed by atoms with E-state index in [1.54, 1.807) is 23.0 Å². The van der Waals surface area contributed by atoms with Crippen LogP contribution in [0.2, 0.25) is 0 Å². The summed E-state index contributed by atoms with van der Waals surface area (Å²) in [6.07, 6.45) is 1.76. The number of nitrogens with zero attached hydrogens (tertiary/aromatic N) is 3. The van der Waals surface area contributed by atoms with E-state index in [9.17, 15) is 4.39 Å². The predicted octanol–water partition coefficient (Wildman–Crippen LogP) is 2.24. The van der Waals surface area contributed by atoms with Crippen molar-refractivity contribution in [3.63, 3.8) is 0 Å². The zero-order valence-corrected chi connectivity index (χ0v) is 9.77. The highest BCUT2D eigenvalue weighted by atomic mass is 35.5. The second-order valence-electron chi connectivity index (χ2n) is 3.41. The van der Waals surface area contributed by atoms with Gasteiger partial charge in [-0.1, -0.05) is 5.21 Å². The topological polar surface area (TPSA) is 39.9 Å². The molecule has 90 valence electrons. The lowest BCUT2D eigenvalue weighted by Gasteiger charge is -2.05. The van der Waals surface area contributed by atoms with Crippen molar-refractivity contribution in [2.75, 3.05) is 6.61 Å². The Labute approximate surface area is 103 Å². The van der Waals surface area contributed by atoms with E-state index in [1.807, 2.05) is 0 Å². The van der Waals surface area contributed by atoms with Gasteiger partial charge in [-0.25, -0.2) is 9.07 Å². The van der Waals surface area contributed by atoms with Crippen LogP contribution < -0.4 is 4.74 Å². The number of halogens is 2. The Bertz CT molecular complexity index is 472. The first-order valence-corrected chi connectivity index (χ1v) is 5.65. The van der Waals surface area contributed by atoms with Gasteiger partial charge in [-0.05, 0) is 24.3 Å². The highest BCUT2D eigenvalue weighted by molar-refractivity contribution is 6.16. The third-order valence-electron chi connectivity index (χ3n) is 2.13. The Morgan fingerprint density at radius 2 is 2.06 bits per heavy atom. The molecule has 2 aromatic rings. The monoisotopic (exact) mass is 255 g/mol. The smallest absolute Gasteiger partial charge is 0.123 e. The van der Waals surface area contributed by atoms with Crippen LogP contribution in [0.1, 0.15) is 5.69 Å². The first-order valence-electron chi connectivity index (χ1n) is 5.11. The Morgan fingerprint density at radius 1 is 1.29 bits per heavy atom. The van der Waals surface area contributed by atoms with Crippen LogP contribution in [0.4, 0.5) is 4.39 Å². The molecule has 1 aromatic heterocycles. The number of rotatable bonds is 5. The highest BCUT2D eigenvalue weighted by Gasteiger charge is 1.99. The fourth-order valence-electron chi connectivity index (χ4n) is 1.30. The summed E-state index contributed by atoms with van der Waals surface area (Å²) in [7, 11) is 0. The van der Waals surface area contributed by atoms with Crippen LogP contribution in [-0.4, -0.2) is 21.6 Å². The van der Waals surface area contributed by atoms with Crippen LogP contribution in [0.5, 0.6) is 5.75 Å². The minimum absolute atomic E-state index is 0.277. The molecule has 0 aliphatic rings. The number of hydrogen-bond acceptors (Lipinski definition) is 3. The molecular formula is C11H11ClFN3O. The normalized spacial score (nSPS) is 10.5. The fraction of sp³-hybridized carbons (Fsp3) is 0.273. The van der Waals surface area contributed by atoms with Gasteiger partial charge in [0.25, 0.3) is 0 Å². The minimum Gasteiger partial charge on any atom is -0.492 e. The SMILES string of the molecule is Fc1ccc(OCCn2cc(CCl)nn2)cc1. The lowest BCUT2D eigenvalue weighted by Crippen LogP contribution is -2.08. The first-order chi connectivity index (χ1) is 8.28. The summed E-state index contributed by atoms with van der Waals surface area (Å²) in [4.78, 5) is 0. The summed E-state index contributed by atoms with van der Waals surface area (Å²) in [5, 5.41) is 7.72. The number of ether oxygens (including phenoxy) is 1. The molecule has 0 aliphatic heterocycles. The van der Waals surface area contributed by atoms with Crippen LogP contribution >= 0.6 is 11.6 Å². The quantitative estimate of drug-likeness (QED) is 0.770. The van der Waals surface area contributed by atoms with Crippen molar-refractivity contribution >= 4 is 11.6 Å². The van der Waals surface area contributed by atoms with Gasteiger partial charge in [-0.3, -0.25) is 0 Å². The predicted molar refractivity (Wildman–Crippen MR) is 61.5 cm³/mol. The van der Waals surface area contributed by atoms with Crippen molar-refractivity contribution in [2.45, 2.75) is 12.4 Å². The highest BCUT2D eigenvalue weighted by Crippen LogP contribution is 2.10. The van der Waals surface area contributed by atoms with Crippen molar-refractivity contribution in [3.05, 3.63) is 42.0 Å². The third kappa shape index (κ3) is 3.42. The van der Waals surface area contributed by atoms with Gasteiger partial charge in [-0.2, -0.15) is 0 Å². The molecular weight excluding hydrogens is 245 g/mol. The Kier molecular flexibility index (Phi) is 3.93. The minimum atomic E-state index is -0.277. The fourth-order valence-corrected chi connectivity index (χ4v) is 1.42. The molecule has 0 radical (unpaired) electrons. The van der Waals surface area contributed by atoms with E-state index in [1.165, 1.54) is 12.1 Å². The molecule has 0 amide bonds. The van der Waals surface area contributed by atoms with E-state index in [0.717, 1.165) is 5.69 Å². The molecule has 0 unspecified atom stereocenters. The summed E-state index contributed by atoms with van der Waals surface area (Å²) in [6, 6.07) is 5.88. The van der Waals surface area contributed by atoms with Gasteiger partial charge in [0.2, 0.25) is 0 Å². The number of hydrogen-bond donors (Lipinski definition) is 0. The van der Waals surface area contributed by atoms with Crippen LogP contribution in [0.15, 0.2) is 30.5 Å². The molecule has 0 bridgehead atoms. The molecule has 0 atom stereocenters. The zero-order chi connectivity index (χ0) is 12.1. The maximum absolute atomic E-state index is 12.6. The standard InChI is InChI=1S/C11H11ClFN3O/c12-7-10-8-16(15-14-10)5-6-17-11-3-1-9(13)2-4-11/h1-4,8H,5-7H2. The Balaban J connectivity index is 1.81. The molecule has 1 heterocycles. The van der Waals surface area contributed by atoms with Gasteiger partial charge in [0.05, 0.1) is 18.1 Å². The van der Waals surface area contributed by atoms with E-state index in [4.69, 9.17) is 16.3 Å². The molecule has 2 rings (SSSR count). The summed E-state index contributed by atoms with van der Waals surface area (Å²) in [5.41, 5.74) is 0.730. The van der Waals surface area contributed by atoms with Crippen molar-refractivity contribution in [2.24, 2.45) is 0 Å². The third-order valence-corrected chi connectivity index (χ3v) is 2.40. The zero-order valence-electron chi connectivity index (χ0n) is 9.01. The molecule has 0 N–H and O–H groups in total. The summed E-state index contributed by atoms with van der Waals surface area (Å²) in [5.74, 6) is 0.697. The molecule has 4 nitrogen and oxygen atoms in total. The van der Waals surface area contributed by atoms with Crippen molar-refractivity contribution in [1.82, 2.24) is 15.0 Å². The second-order valence-corrected chi connectivity index (χ2v) is 3.68. The summed E-state index contributed by atoms with van der Waals surface area (Å²) >= 11 is 5.60. The molecule has 6 heteroatoms. The average molecular weight is 256 g/mol. The molecule has 1 aromatic carbocycles. The molecule has 0 spiro atoms. The molecule has 0 fully saturated rings. The maximum Gasteiger partial charge on any atom is 0.123 e. The maximum atomic E-state index is 12.6. The van der Waals surface area contributed by atoms with E-state index in [2.05, 4.69) is 10.3 Å². The van der Waals surface area contributed by atoms with Gasteiger partial charge < -0.3 is 4.74 Å².